The van der Waals surface area contributed by atoms with Gasteiger partial charge in [-0.25, -0.2) is 0 Å². The van der Waals surface area contributed by atoms with Gasteiger partial charge in [-0.3, -0.25) is 14.4 Å². The highest BCUT2D eigenvalue weighted by atomic mass is 16.5. The second kappa shape index (κ2) is 11.0. The van der Waals surface area contributed by atoms with E-state index in [2.05, 4.69) is 11.0 Å². The van der Waals surface area contributed by atoms with Crippen molar-refractivity contribution in [1.29, 1.82) is 0 Å². The Balaban J connectivity index is 1.29. The third kappa shape index (κ3) is 5.20. The van der Waals surface area contributed by atoms with Crippen molar-refractivity contribution in [2.75, 3.05) is 49.2 Å². The van der Waals surface area contributed by atoms with E-state index in [0.29, 0.717) is 55.3 Å². The largest absolute Gasteiger partial charge is 0.492 e. The molecule has 0 radical (unpaired) electrons. The molecule has 8 nitrogen and oxygen atoms in total. The monoisotopic (exact) mass is 513 g/mol. The Morgan fingerprint density at radius 3 is 2.45 bits per heavy atom. The first kappa shape index (κ1) is 25.3. The fourth-order valence-corrected chi connectivity index (χ4v) is 4.91. The summed E-state index contributed by atoms with van der Waals surface area (Å²) in [4.78, 5) is 43.8. The first-order valence-electron chi connectivity index (χ1n) is 12.9. The van der Waals surface area contributed by atoms with Crippen LogP contribution in [0.2, 0.25) is 0 Å². The Kier molecular flexibility index (Phi) is 7.31. The number of piperazine rings is 1. The van der Waals surface area contributed by atoms with Crippen LogP contribution in [0.4, 0.5) is 11.4 Å². The number of fused-ring (bicyclic) bond motifs is 1. The third-order valence-corrected chi connectivity index (χ3v) is 6.90. The second-order valence-corrected chi connectivity index (χ2v) is 9.39. The van der Waals surface area contributed by atoms with E-state index >= 15 is 0 Å². The van der Waals surface area contributed by atoms with Crippen LogP contribution in [0.1, 0.15) is 40.1 Å². The number of carbonyl (C=O) groups excluding carboxylic acids is 3. The zero-order valence-electron chi connectivity index (χ0n) is 21.7. The molecule has 2 heterocycles. The third-order valence-electron chi connectivity index (χ3n) is 6.90. The standard InChI is InChI=1S/C30H31N3O5/c1-3-37-27-10-5-4-9-25(27)31-13-15-32(16-14-31)30(36)24-8-6-7-22(17-24)19-33-26-18-23(21(2)34)11-12-28(26)38-20-29(33)35/h4-12,17-18H,3,13-16,19-20H2,1-2H3. The number of ketones is 1. The lowest BCUT2D eigenvalue weighted by Crippen LogP contribution is -2.48. The fraction of sp³-hybridized carbons (Fsp3) is 0.300. The van der Waals surface area contributed by atoms with Gasteiger partial charge in [-0.05, 0) is 61.9 Å². The molecule has 196 valence electrons. The van der Waals surface area contributed by atoms with Crippen LogP contribution in [0.3, 0.4) is 0 Å². The van der Waals surface area contributed by atoms with Crippen molar-refractivity contribution in [3.05, 3.63) is 83.4 Å². The molecular weight excluding hydrogens is 482 g/mol. The number of ether oxygens (including phenoxy) is 2. The molecule has 0 aromatic heterocycles. The average Bonchev–Trinajstić information content (AvgIpc) is 2.94. The topological polar surface area (TPSA) is 79.4 Å². The van der Waals surface area contributed by atoms with E-state index in [1.54, 1.807) is 23.1 Å². The van der Waals surface area contributed by atoms with Crippen LogP contribution in [0.15, 0.2) is 66.7 Å². The van der Waals surface area contributed by atoms with Crippen molar-refractivity contribution in [2.24, 2.45) is 0 Å². The molecule has 0 saturated carbocycles. The molecule has 0 bridgehead atoms. The fourth-order valence-electron chi connectivity index (χ4n) is 4.91. The molecule has 1 saturated heterocycles. The number of carbonyl (C=O) groups is 3. The van der Waals surface area contributed by atoms with Gasteiger partial charge < -0.3 is 24.2 Å². The predicted octanol–water partition coefficient (Wildman–Crippen LogP) is 4.18. The summed E-state index contributed by atoms with van der Waals surface area (Å²) < 4.78 is 11.3. The van der Waals surface area contributed by atoms with Crippen molar-refractivity contribution in [1.82, 2.24) is 4.90 Å². The molecule has 0 unspecified atom stereocenters. The molecule has 5 rings (SSSR count). The minimum Gasteiger partial charge on any atom is -0.492 e. The maximum Gasteiger partial charge on any atom is 0.265 e. The number of nitrogens with zero attached hydrogens (tertiary/aromatic N) is 3. The highest BCUT2D eigenvalue weighted by Crippen LogP contribution is 2.34. The van der Waals surface area contributed by atoms with Crippen molar-refractivity contribution >= 4 is 29.0 Å². The van der Waals surface area contributed by atoms with Gasteiger partial charge in [0.05, 0.1) is 24.5 Å². The number of para-hydroxylation sites is 2. The predicted molar refractivity (Wildman–Crippen MR) is 145 cm³/mol. The Morgan fingerprint density at radius 1 is 0.895 bits per heavy atom. The number of rotatable bonds is 7. The normalized spacial score (nSPS) is 15.1. The van der Waals surface area contributed by atoms with Crippen LogP contribution < -0.4 is 19.3 Å². The molecule has 38 heavy (non-hydrogen) atoms. The van der Waals surface area contributed by atoms with Gasteiger partial charge in [0, 0.05) is 37.3 Å². The Hall–Kier alpha value is -4.33. The van der Waals surface area contributed by atoms with E-state index in [0.717, 1.165) is 17.0 Å². The van der Waals surface area contributed by atoms with Crippen molar-refractivity contribution in [3.63, 3.8) is 0 Å². The summed E-state index contributed by atoms with van der Waals surface area (Å²) in [6.07, 6.45) is 0. The first-order valence-corrected chi connectivity index (χ1v) is 12.9. The van der Waals surface area contributed by atoms with Gasteiger partial charge in [0.15, 0.2) is 12.4 Å². The van der Waals surface area contributed by atoms with Crippen LogP contribution in [0, 0.1) is 0 Å². The second-order valence-electron chi connectivity index (χ2n) is 9.39. The van der Waals surface area contributed by atoms with Gasteiger partial charge >= 0.3 is 0 Å². The maximum atomic E-state index is 13.4. The molecule has 0 spiro atoms. The quantitative estimate of drug-likeness (QED) is 0.441. The molecule has 0 N–H and O–H groups in total. The highest BCUT2D eigenvalue weighted by molar-refractivity contribution is 6.01. The molecule has 3 aromatic rings. The summed E-state index contributed by atoms with van der Waals surface area (Å²) in [6.45, 7) is 6.91. The lowest BCUT2D eigenvalue weighted by atomic mass is 10.1. The summed E-state index contributed by atoms with van der Waals surface area (Å²) >= 11 is 0. The number of hydrogen-bond donors (Lipinski definition) is 0. The molecule has 0 aliphatic carbocycles. The van der Waals surface area contributed by atoms with Crippen molar-refractivity contribution in [3.8, 4) is 11.5 Å². The van der Waals surface area contributed by atoms with E-state index in [1.807, 2.05) is 54.3 Å². The smallest absolute Gasteiger partial charge is 0.265 e. The number of Topliss-reactive ketones (excluding diaryl/α,β-unsaturated/α-hetero) is 1. The van der Waals surface area contributed by atoms with Crippen molar-refractivity contribution in [2.45, 2.75) is 20.4 Å². The highest BCUT2D eigenvalue weighted by Gasteiger charge is 2.28. The lowest BCUT2D eigenvalue weighted by Gasteiger charge is -2.36. The lowest BCUT2D eigenvalue weighted by molar-refractivity contribution is -0.121. The van der Waals surface area contributed by atoms with Crippen molar-refractivity contribution < 1.29 is 23.9 Å². The molecule has 1 fully saturated rings. The van der Waals surface area contributed by atoms with Gasteiger partial charge in [0.25, 0.3) is 11.8 Å². The van der Waals surface area contributed by atoms with Gasteiger partial charge in [-0.15, -0.1) is 0 Å². The van der Waals surface area contributed by atoms with E-state index in [-0.39, 0.29) is 30.7 Å². The summed E-state index contributed by atoms with van der Waals surface area (Å²) in [5, 5.41) is 0. The first-order chi connectivity index (χ1) is 18.4. The summed E-state index contributed by atoms with van der Waals surface area (Å²) in [7, 11) is 0. The number of hydrogen-bond acceptors (Lipinski definition) is 6. The molecule has 2 aliphatic heterocycles. The Morgan fingerprint density at radius 2 is 1.68 bits per heavy atom. The zero-order valence-corrected chi connectivity index (χ0v) is 21.7. The average molecular weight is 514 g/mol. The molecule has 8 heteroatoms. The van der Waals surface area contributed by atoms with Crippen LogP contribution in [0.5, 0.6) is 11.5 Å². The Labute approximate surface area is 222 Å². The van der Waals surface area contributed by atoms with Gasteiger partial charge in [-0.1, -0.05) is 24.3 Å². The van der Waals surface area contributed by atoms with Crippen LogP contribution in [-0.2, 0) is 11.3 Å². The van der Waals surface area contributed by atoms with Crippen LogP contribution >= 0.6 is 0 Å². The minimum atomic E-state index is -0.196. The van der Waals surface area contributed by atoms with Gasteiger partial charge in [0.2, 0.25) is 0 Å². The summed E-state index contributed by atoms with van der Waals surface area (Å²) in [5.41, 5.74) is 3.54. The Bertz CT molecular complexity index is 1360. The minimum absolute atomic E-state index is 0.0304. The van der Waals surface area contributed by atoms with Gasteiger partial charge in [-0.2, -0.15) is 0 Å². The molecule has 2 aliphatic rings. The van der Waals surface area contributed by atoms with E-state index in [1.165, 1.54) is 6.92 Å². The maximum absolute atomic E-state index is 13.4. The summed E-state index contributed by atoms with van der Waals surface area (Å²) in [6, 6.07) is 20.5. The molecule has 3 aromatic carbocycles. The molecule has 0 atom stereocenters. The zero-order chi connectivity index (χ0) is 26.6. The molecular formula is C30H31N3O5. The number of anilines is 2. The van der Waals surface area contributed by atoms with E-state index in [4.69, 9.17) is 9.47 Å². The SMILES string of the molecule is CCOc1ccccc1N1CCN(C(=O)c2cccc(CN3C(=O)COc4ccc(C(C)=O)cc43)c2)CC1. The molecule has 2 amide bonds. The van der Waals surface area contributed by atoms with Gasteiger partial charge in [0.1, 0.15) is 11.5 Å². The van der Waals surface area contributed by atoms with Crippen LogP contribution in [-0.4, -0.2) is 61.9 Å². The van der Waals surface area contributed by atoms with E-state index in [9.17, 15) is 14.4 Å². The number of amides is 2. The van der Waals surface area contributed by atoms with Crippen LogP contribution in [0.25, 0.3) is 0 Å². The number of benzene rings is 3. The summed E-state index contributed by atoms with van der Waals surface area (Å²) in [5.74, 6) is 1.11. The van der Waals surface area contributed by atoms with E-state index < -0.39 is 0 Å².